The number of rotatable bonds is 6. The molecule has 8 nitrogen and oxygen atoms in total. The van der Waals surface area contributed by atoms with E-state index < -0.39 is 17.8 Å². The van der Waals surface area contributed by atoms with Gasteiger partial charge in [0.2, 0.25) is 5.82 Å². The van der Waals surface area contributed by atoms with Crippen LogP contribution in [0.1, 0.15) is 17.8 Å². The Hall–Kier alpha value is -2.56. The van der Waals surface area contributed by atoms with Crippen LogP contribution in [0.5, 0.6) is 5.75 Å². The van der Waals surface area contributed by atoms with Gasteiger partial charge >= 0.3 is 6.18 Å². The van der Waals surface area contributed by atoms with E-state index in [4.69, 9.17) is 4.74 Å². The van der Waals surface area contributed by atoms with Crippen molar-refractivity contribution in [1.82, 2.24) is 25.5 Å². The number of benzene rings is 1. The third kappa shape index (κ3) is 3.26. The van der Waals surface area contributed by atoms with Gasteiger partial charge in [0.25, 0.3) is 5.66 Å². The largest absolute Gasteiger partial charge is 0.485 e. The molecule has 3 heterocycles. The summed E-state index contributed by atoms with van der Waals surface area (Å²) in [6.45, 7) is 1.72. The Bertz CT molecular complexity index is 770. The van der Waals surface area contributed by atoms with Gasteiger partial charge in [0, 0.05) is 19.0 Å². The number of hydrogen-bond acceptors (Lipinski definition) is 7. The van der Waals surface area contributed by atoms with Crippen LogP contribution in [-0.4, -0.2) is 50.5 Å². The number of ether oxygens (including phenoxy) is 1. The highest BCUT2D eigenvalue weighted by Gasteiger charge is 2.68. The van der Waals surface area contributed by atoms with Crippen molar-refractivity contribution in [2.75, 3.05) is 13.1 Å². The predicted molar refractivity (Wildman–Crippen MR) is 82.0 cm³/mol. The molecule has 0 aliphatic carbocycles. The first-order valence-electron chi connectivity index (χ1n) is 8.13. The molecule has 4 rings (SSSR count). The molecule has 1 unspecified atom stereocenters. The van der Waals surface area contributed by atoms with Crippen LogP contribution in [-0.2, 0) is 13.2 Å². The summed E-state index contributed by atoms with van der Waals surface area (Å²) >= 11 is 0. The maximum Gasteiger partial charge on any atom is 0.438 e. The number of alkyl halides is 3. The SMILES string of the molecule is FC(F)(F)C1(C2CCN(Cc3ccc(OCc4nn[nH]n4)cc3)C2)N=N1. The second-order valence-corrected chi connectivity index (χ2v) is 6.41. The van der Waals surface area contributed by atoms with E-state index >= 15 is 0 Å². The van der Waals surface area contributed by atoms with E-state index in [1.807, 2.05) is 29.2 Å². The molecule has 1 saturated heterocycles. The highest BCUT2D eigenvalue weighted by atomic mass is 19.4. The molecule has 2 aliphatic rings. The van der Waals surface area contributed by atoms with E-state index in [-0.39, 0.29) is 6.61 Å². The van der Waals surface area contributed by atoms with Crippen molar-refractivity contribution in [3.05, 3.63) is 35.7 Å². The van der Waals surface area contributed by atoms with Gasteiger partial charge in [0.05, 0.1) is 0 Å². The molecule has 1 atom stereocenters. The molecule has 138 valence electrons. The highest BCUT2D eigenvalue weighted by Crippen LogP contribution is 2.52. The Morgan fingerprint density at radius 3 is 2.62 bits per heavy atom. The topological polar surface area (TPSA) is 91.7 Å². The summed E-state index contributed by atoms with van der Waals surface area (Å²) in [5.41, 5.74) is -1.16. The minimum absolute atomic E-state index is 0.205. The number of nitrogens with zero attached hydrogens (tertiary/aromatic N) is 6. The monoisotopic (exact) mass is 367 g/mol. The van der Waals surface area contributed by atoms with Crippen LogP contribution in [0.15, 0.2) is 34.5 Å². The fraction of sp³-hybridized carbons (Fsp3) is 0.533. The average Bonchev–Trinajstić information content (AvgIpc) is 3.04. The summed E-state index contributed by atoms with van der Waals surface area (Å²) < 4.78 is 44.8. The highest BCUT2D eigenvalue weighted by molar-refractivity contribution is 5.27. The maximum atomic E-state index is 13.1. The van der Waals surface area contributed by atoms with Crippen molar-refractivity contribution in [2.24, 2.45) is 16.1 Å². The fourth-order valence-corrected chi connectivity index (χ4v) is 3.21. The van der Waals surface area contributed by atoms with Gasteiger partial charge in [-0.15, -0.1) is 20.4 Å². The average molecular weight is 367 g/mol. The number of aromatic amines is 1. The molecule has 1 fully saturated rings. The predicted octanol–water partition coefficient (Wildman–Crippen LogP) is 2.33. The van der Waals surface area contributed by atoms with Crippen LogP contribution < -0.4 is 4.74 Å². The second kappa shape index (κ2) is 6.31. The van der Waals surface area contributed by atoms with Crippen molar-refractivity contribution in [1.29, 1.82) is 0 Å². The van der Waals surface area contributed by atoms with Gasteiger partial charge in [-0.3, -0.25) is 4.90 Å². The number of tetrazole rings is 1. The van der Waals surface area contributed by atoms with Crippen molar-refractivity contribution in [3.63, 3.8) is 0 Å². The molecule has 26 heavy (non-hydrogen) atoms. The Balaban J connectivity index is 1.30. The smallest absolute Gasteiger partial charge is 0.438 e. The molecule has 1 aromatic heterocycles. The zero-order valence-electron chi connectivity index (χ0n) is 13.6. The van der Waals surface area contributed by atoms with Crippen molar-refractivity contribution in [3.8, 4) is 5.75 Å². The van der Waals surface area contributed by atoms with E-state index in [1.165, 1.54) is 0 Å². The van der Waals surface area contributed by atoms with Crippen molar-refractivity contribution < 1.29 is 17.9 Å². The molecule has 0 radical (unpaired) electrons. The Labute approximate surface area is 146 Å². The molecule has 2 aromatic rings. The van der Waals surface area contributed by atoms with Crippen LogP contribution in [0, 0.1) is 5.92 Å². The molecular weight excluding hydrogens is 351 g/mol. The van der Waals surface area contributed by atoms with Gasteiger partial charge < -0.3 is 4.74 Å². The summed E-state index contributed by atoms with van der Waals surface area (Å²) in [5.74, 6) is 0.510. The molecular formula is C15H16F3N7O. The number of likely N-dealkylation sites (tertiary alicyclic amines) is 1. The lowest BCUT2D eigenvalue weighted by Gasteiger charge is -2.21. The first kappa shape index (κ1) is 16.9. The summed E-state index contributed by atoms with van der Waals surface area (Å²) in [5, 5.41) is 20.0. The first-order valence-corrected chi connectivity index (χ1v) is 8.13. The van der Waals surface area contributed by atoms with E-state index in [0.29, 0.717) is 37.6 Å². The molecule has 11 heteroatoms. The maximum absolute atomic E-state index is 13.1. The normalized spacial score (nSPS) is 21.9. The lowest BCUT2D eigenvalue weighted by Crippen LogP contribution is -2.41. The van der Waals surface area contributed by atoms with Gasteiger partial charge in [0.1, 0.15) is 5.75 Å². The third-order valence-electron chi connectivity index (χ3n) is 4.66. The molecule has 0 amide bonds. The van der Waals surface area contributed by atoms with Crippen molar-refractivity contribution in [2.45, 2.75) is 31.4 Å². The van der Waals surface area contributed by atoms with E-state index in [1.54, 1.807) is 0 Å². The Morgan fingerprint density at radius 1 is 1.23 bits per heavy atom. The lowest BCUT2D eigenvalue weighted by atomic mass is 9.95. The van der Waals surface area contributed by atoms with Gasteiger partial charge in [-0.1, -0.05) is 17.3 Å². The number of hydrogen-bond donors (Lipinski definition) is 1. The van der Waals surface area contributed by atoms with E-state index in [2.05, 4.69) is 30.9 Å². The van der Waals surface area contributed by atoms with Gasteiger partial charge in [-0.05, 0) is 30.7 Å². The quantitative estimate of drug-likeness (QED) is 0.846. The first-order chi connectivity index (χ1) is 12.5. The fourth-order valence-electron chi connectivity index (χ4n) is 3.21. The van der Waals surface area contributed by atoms with Crippen LogP contribution in [0.3, 0.4) is 0 Å². The molecule has 2 aliphatic heterocycles. The number of H-pyrrole nitrogens is 1. The number of nitrogens with one attached hydrogen (secondary N) is 1. The van der Waals surface area contributed by atoms with Crippen LogP contribution in [0.25, 0.3) is 0 Å². The standard InChI is InChI=1S/C15H16F3N7O/c16-15(17,18)14(21-22-14)11-5-6-25(8-11)7-10-1-3-12(4-2-10)26-9-13-19-23-24-20-13/h1-4,11H,5-9H2,(H,19,20,23,24). The van der Waals surface area contributed by atoms with Crippen LogP contribution >= 0.6 is 0 Å². The van der Waals surface area contributed by atoms with E-state index in [0.717, 1.165) is 5.56 Å². The van der Waals surface area contributed by atoms with Gasteiger partial charge in [-0.2, -0.15) is 18.4 Å². The minimum atomic E-state index is -4.40. The summed E-state index contributed by atoms with van der Waals surface area (Å²) in [7, 11) is 0. The molecule has 0 saturated carbocycles. The molecule has 1 N–H and O–H groups in total. The van der Waals surface area contributed by atoms with Crippen molar-refractivity contribution >= 4 is 0 Å². The summed E-state index contributed by atoms with van der Waals surface area (Å²) in [6.07, 6.45) is -3.95. The zero-order valence-corrected chi connectivity index (χ0v) is 13.6. The Morgan fingerprint density at radius 2 is 2.00 bits per heavy atom. The van der Waals surface area contributed by atoms with Crippen LogP contribution in [0.2, 0.25) is 0 Å². The number of halogens is 3. The van der Waals surface area contributed by atoms with E-state index in [9.17, 15) is 13.2 Å². The van der Waals surface area contributed by atoms with Crippen LogP contribution in [0.4, 0.5) is 13.2 Å². The lowest BCUT2D eigenvalue weighted by molar-refractivity contribution is -0.175. The third-order valence-corrected chi connectivity index (χ3v) is 4.66. The van der Waals surface area contributed by atoms with Gasteiger partial charge in [0.15, 0.2) is 6.61 Å². The second-order valence-electron chi connectivity index (χ2n) is 6.41. The Kier molecular flexibility index (Phi) is 4.10. The zero-order chi connectivity index (χ0) is 18.2. The molecule has 0 bridgehead atoms. The van der Waals surface area contributed by atoms with Gasteiger partial charge in [-0.25, -0.2) is 0 Å². The molecule has 0 spiro atoms. The summed E-state index contributed by atoms with van der Waals surface area (Å²) in [4.78, 5) is 2.00. The number of aromatic nitrogens is 4. The minimum Gasteiger partial charge on any atom is -0.485 e. The molecule has 1 aromatic carbocycles. The summed E-state index contributed by atoms with van der Waals surface area (Å²) in [6, 6.07) is 7.41.